The van der Waals surface area contributed by atoms with Crippen LogP contribution in [0.25, 0.3) is 0 Å². The third kappa shape index (κ3) is 6.92. The Bertz CT molecular complexity index is 1230. The summed E-state index contributed by atoms with van der Waals surface area (Å²) in [6, 6.07) is 10.0. The predicted octanol–water partition coefficient (Wildman–Crippen LogP) is 4.49. The molecule has 0 saturated heterocycles. The van der Waals surface area contributed by atoms with Crippen LogP contribution in [-0.4, -0.2) is 42.0 Å². The molecular formula is C24H26F3N7O2. The molecule has 0 aliphatic heterocycles. The van der Waals surface area contributed by atoms with Crippen LogP contribution in [0.2, 0.25) is 0 Å². The Kier molecular flexibility index (Phi) is 8.43. The van der Waals surface area contributed by atoms with Crippen LogP contribution in [0.3, 0.4) is 0 Å². The summed E-state index contributed by atoms with van der Waals surface area (Å²) in [6.45, 7) is 2.92. The summed E-state index contributed by atoms with van der Waals surface area (Å²) >= 11 is 0. The van der Waals surface area contributed by atoms with Gasteiger partial charge in [0.25, 0.3) is 5.91 Å². The van der Waals surface area contributed by atoms with E-state index in [9.17, 15) is 22.8 Å². The first-order valence-electron chi connectivity index (χ1n) is 11.0. The zero-order valence-electron chi connectivity index (χ0n) is 19.7. The topological polar surface area (TPSA) is 125 Å². The fraction of sp³-hybridized carbons (Fsp3) is 0.250. The Labute approximate surface area is 205 Å². The van der Waals surface area contributed by atoms with E-state index >= 15 is 0 Å². The van der Waals surface area contributed by atoms with Gasteiger partial charge in [0.05, 0.1) is 5.56 Å². The van der Waals surface area contributed by atoms with Crippen molar-refractivity contribution in [2.45, 2.75) is 19.5 Å². The van der Waals surface area contributed by atoms with E-state index in [1.165, 1.54) is 36.5 Å². The molecule has 0 aliphatic rings. The number of rotatable bonds is 8. The van der Waals surface area contributed by atoms with Crippen molar-refractivity contribution in [3.8, 4) is 0 Å². The van der Waals surface area contributed by atoms with Crippen molar-refractivity contribution in [3.63, 3.8) is 0 Å². The SMILES string of the molecule is Cc1ccc(NC(=O)c2cccc(C(F)(F)F)c2)cc1NC(=O)N(C)c1cc(NCCCN)ncn1. The average molecular weight is 502 g/mol. The molecule has 3 aromatic rings. The van der Waals surface area contributed by atoms with Crippen LogP contribution in [0.1, 0.15) is 27.9 Å². The van der Waals surface area contributed by atoms with Crippen LogP contribution in [0.4, 0.5) is 41.0 Å². The zero-order valence-corrected chi connectivity index (χ0v) is 19.7. The van der Waals surface area contributed by atoms with Crippen LogP contribution < -0.4 is 26.6 Å². The average Bonchev–Trinajstić information content (AvgIpc) is 2.85. The number of carbonyl (C=O) groups excluding carboxylic acids is 2. The molecule has 0 unspecified atom stereocenters. The van der Waals surface area contributed by atoms with Crippen molar-refractivity contribution in [2.24, 2.45) is 5.73 Å². The van der Waals surface area contributed by atoms with E-state index < -0.39 is 23.7 Å². The molecular weight excluding hydrogens is 475 g/mol. The number of nitrogens with one attached hydrogen (secondary N) is 3. The third-order valence-corrected chi connectivity index (χ3v) is 5.18. The Morgan fingerprint density at radius 2 is 1.83 bits per heavy atom. The Morgan fingerprint density at radius 3 is 2.56 bits per heavy atom. The molecule has 0 atom stereocenters. The molecule has 190 valence electrons. The van der Waals surface area contributed by atoms with Crippen molar-refractivity contribution in [3.05, 3.63) is 71.5 Å². The van der Waals surface area contributed by atoms with Crippen LogP contribution in [0, 0.1) is 6.92 Å². The molecule has 1 heterocycles. The van der Waals surface area contributed by atoms with Gasteiger partial charge in [0.2, 0.25) is 0 Å². The van der Waals surface area contributed by atoms with Crippen LogP contribution in [0.5, 0.6) is 0 Å². The van der Waals surface area contributed by atoms with E-state index in [-0.39, 0.29) is 5.56 Å². The molecule has 12 heteroatoms. The zero-order chi connectivity index (χ0) is 26.3. The summed E-state index contributed by atoms with van der Waals surface area (Å²) in [4.78, 5) is 34.9. The minimum absolute atomic E-state index is 0.143. The van der Waals surface area contributed by atoms with Crippen molar-refractivity contribution in [1.29, 1.82) is 0 Å². The van der Waals surface area contributed by atoms with E-state index in [0.717, 1.165) is 18.6 Å². The summed E-state index contributed by atoms with van der Waals surface area (Å²) in [5, 5.41) is 8.41. The number of alkyl halides is 3. The normalized spacial score (nSPS) is 11.1. The maximum absolute atomic E-state index is 13.0. The van der Waals surface area contributed by atoms with Gasteiger partial charge in [0, 0.05) is 36.6 Å². The number of carbonyl (C=O) groups is 2. The molecule has 0 aliphatic carbocycles. The molecule has 0 bridgehead atoms. The highest BCUT2D eigenvalue weighted by molar-refractivity contribution is 6.05. The smallest absolute Gasteiger partial charge is 0.370 e. The monoisotopic (exact) mass is 501 g/mol. The van der Waals surface area contributed by atoms with Crippen molar-refractivity contribution < 1.29 is 22.8 Å². The number of nitrogens with zero attached hydrogens (tertiary/aromatic N) is 3. The minimum atomic E-state index is -4.56. The highest BCUT2D eigenvalue weighted by Crippen LogP contribution is 2.30. The number of nitrogens with two attached hydrogens (primary N) is 1. The lowest BCUT2D eigenvalue weighted by atomic mass is 10.1. The van der Waals surface area contributed by atoms with Gasteiger partial charge in [-0.15, -0.1) is 0 Å². The molecule has 1 aromatic heterocycles. The maximum atomic E-state index is 13.0. The fourth-order valence-electron chi connectivity index (χ4n) is 3.12. The van der Waals surface area contributed by atoms with E-state index in [1.54, 1.807) is 25.1 Å². The standard InChI is InChI=1S/C24H26F3N7O2/c1-15-7-8-18(32-22(35)16-5-3-6-17(11-16)24(25,26)27)12-19(15)33-23(36)34(2)21-13-20(30-14-31-21)29-10-4-9-28/h3,5-8,11-14H,4,9-10,28H2,1-2H3,(H,32,35)(H,33,36)(H,29,30,31). The molecule has 0 saturated carbocycles. The lowest BCUT2D eigenvalue weighted by molar-refractivity contribution is -0.137. The van der Waals surface area contributed by atoms with E-state index in [2.05, 4.69) is 25.9 Å². The molecule has 0 spiro atoms. The van der Waals surface area contributed by atoms with Gasteiger partial charge in [0.1, 0.15) is 18.0 Å². The number of hydrogen-bond donors (Lipinski definition) is 4. The predicted molar refractivity (Wildman–Crippen MR) is 132 cm³/mol. The number of anilines is 4. The number of benzene rings is 2. The number of hydrogen-bond acceptors (Lipinski definition) is 6. The summed E-state index contributed by atoms with van der Waals surface area (Å²) in [5.74, 6) is 0.183. The summed E-state index contributed by atoms with van der Waals surface area (Å²) in [7, 11) is 1.54. The maximum Gasteiger partial charge on any atom is 0.416 e. The molecule has 0 radical (unpaired) electrons. The largest absolute Gasteiger partial charge is 0.416 e. The van der Waals surface area contributed by atoms with Gasteiger partial charge in [0.15, 0.2) is 0 Å². The van der Waals surface area contributed by atoms with Crippen molar-refractivity contribution in [1.82, 2.24) is 9.97 Å². The molecule has 3 amide bonds. The van der Waals surface area contributed by atoms with Crippen LogP contribution in [-0.2, 0) is 6.18 Å². The third-order valence-electron chi connectivity index (χ3n) is 5.18. The van der Waals surface area contributed by atoms with E-state index in [0.29, 0.717) is 41.7 Å². The molecule has 36 heavy (non-hydrogen) atoms. The minimum Gasteiger partial charge on any atom is -0.370 e. The van der Waals surface area contributed by atoms with Gasteiger partial charge in [-0.25, -0.2) is 14.8 Å². The van der Waals surface area contributed by atoms with Gasteiger partial charge in [-0.1, -0.05) is 12.1 Å². The van der Waals surface area contributed by atoms with E-state index in [4.69, 9.17) is 5.73 Å². The first-order valence-corrected chi connectivity index (χ1v) is 11.0. The second-order valence-electron chi connectivity index (χ2n) is 7.88. The second kappa shape index (κ2) is 11.5. The lowest BCUT2D eigenvalue weighted by Gasteiger charge is -2.19. The highest BCUT2D eigenvalue weighted by Gasteiger charge is 2.30. The summed E-state index contributed by atoms with van der Waals surface area (Å²) in [5.41, 5.74) is 5.84. The fourth-order valence-corrected chi connectivity index (χ4v) is 3.12. The van der Waals surface area contributed by atoms with Gasteiger partial charge < -0.3 is 21.7 Å². The van der Waals surface area contributed by atoms with Gasteiger partial charge >= 0.3 is 12.2 Å². The molecule has 0 fully saturated rings. The first kappa shape index (κ1) is 26.4. The van der Waals surface area contributed by atoms with E-state index in [1.807, 2.05) is 0 Å². The van der Waals surface area contributed by atoms with Gasteiger partial charge in [-0.2, -0.15) is 13.2 Å². The highest BCUT2D eigenvalue weighted by atomic mass is 19.4. The molecule has 3 rings (SSSR count). The van der Waals surface area contributed by atoms with Gasteiger partial charge in [-0.3, -0.25) is 9.69 Å². The Morgan fingerprint density at radius 1 is 1.06 bits per heavy atom. The number of halogens is 3. The lowest BCUT2D eigenvalue weighted by Crippen LogP contribution is -2.32. The summed E-state index contributed by atoms with van der Waals surface area (Å²) < 4.78 is 38.9. The second-order valence-corrected chi connectivity index (χ2v) is 7.88. The number of aryl methyl sites for hydroxylation is 1. The number of urea groups is 1. The Balaban J connectivity index is 1.71. The number of amides is 3. The molecule has 2 aromatic carbocycles. The van der Waals surface area contributed by atoms with Crippen LogP contribution in [0.15, 0.2) is 54.9 Å². The van der Waals surface area contributed by atoms with Gasteiger partial charge in [-0.05, 0) is 55.8 Å². The number of aromatic nitrogens is 2. The molecule has 5 N–H and O–H groups in total. The molecule has 9 nitrogen and oxygen atoms in total. The summed E-state index contributed by atoms with van der Waals surface area (Å²) in [6.07, 6.45) is -2.47. The Hall–Kier alpha value is -4.19. The quantitative estimate of drug-likeness (QED) is 0.337. The first-order chi connectivity index (χ1) is 17.1. The van der Waals surface area contributed by atoms with Crippen LogP contribution >= 0.6 is 0 Å². The van der Waals surface area contributed by atoms with Crippen molar-refractivity contribution >= 4 is 34.9 Å². The van der Waals surface area contributed by atoms with Crippen molar-refractivity contribution in [2.75, 3.05) is 41.0 Å².